The number of amides is 1. The van der Waals surface area contributed by atoms with Crippen molar-refractivity contribution in [2.45, 2.75) is 26.7 Å². The van der Waals surface area contributed by atoms with Gasteiger partial charge in [0, 0.05) is 24.5 Å². The first-order valence-corrected chi connectivity index (χ1v) is 6.58. The minimum atomic E-state index is -0.354. The van der Waals surface area contributed by atoms with E-state index in [0.29, 0.717) is 18.7 Å². The highest BCUT2D eigenvalue weighted by Crippen LogP contribution is 2.25. The van der Waals surface area contributed by atoms with E-state index in [-0.39, 0.29) is 24.2 Å². The summed E-state index contributed by atoms with van der Waals surface area (Å²) in [6.45, 7) is 3.92. The van der Waals surface area contributed by atoms with E-state index < -0.39 is 0 Å². The monoisotopic (exact) mass is 275 g/mol. The highest BCUT2D eigenvalue weighted by molar-refractivity contribution is 6.14. The van der Waals surface area contributed by atoms with Gasteiger partial charge in [0.15, 0.2) is 0 Å². The van der Waals surface area contributed by atoms with E-state index in [0.717, 1.165) is 5.71 Å². The Bertz CT molecular complexity index is 528. The number of esters is 1. The molecule has 106 valence electrons. The van der Waals surface area contributed by atoms with Crippen LogP contribution in [0, 0.1) is 5.92 Å². The zero-order valence-electron chi connectivity index (χ0n) is 11.6. The Balaban J connectivity index is 2.02. The van der Waals surface area contributed by atoms with Gasteiger partial charge in [-0.05, 0) is 32.4 Å². The lowest BCUT2D eigenvalue weighted by atomic mass is 9.98. The fourth-order valence-electron chi connectivity index (χ4n) is 2.10. The van der Waals surface area contributed by atoms with Crippen molar-refractivity contribution in [1.82, 2.24) is 4.98 Å². The summed E-state index contributed by atoms with van der Waals surface area (Å²) in [5.74, 6) is -0.749. The Morgan fingerprint density at radius 3 is 2.75 bits per heavy atom. The molecule has 6 heteroatoms. The summed E-state index contributed by atoms with van der Waals surface area (Å²) in [5, 5.41) is 5.63. The van der Waals surface area contributed by atoms with E-state index in [4.69, 9.17) is 4.74 Å². The van der Waals surface area contributed by atoms with Crippen LogP contribution in [0.2, 0.25) is 0 Å². The van der Waals surface area contributed by atoms with Gasteiger partial charge in [0.05, 0.1) is 18.2 Å². The third kappa shape index (κ3) is 3.01. The number of carbonyl (C=O) groups excluding carboxylic acids is 2. The number of hydrogen-bond acceptors (Lipinski definition) is 5. The minimum Gasteiger partial charge on any atom is -0.466 e. The fraction of sp³-hybridized carbons (Fsp3) is 0.429. The first kappa shape index (κ1) is 14.2. The van der Waals surface area contributed by atoms with Gasteiger partial charge in [0.1, 0.15) is 0 Å². The van der Waals surface area contributed by atoms with E-state index in [2.05, 4.69) is 10.1 Å². The molecule has 20 heavy (non-hydrogen) atoms. The second-order valence-corrected chi connectivity index (χ2v) is 4.49. The standard InChI is InChI=1S/C14H17N3O3/c1-3-20-13(18)5-4-12-10(2)16-17(14(12)19)11-6-8-15-9-7-11/h6-9,12H,3-5H2,1-2H3. The van der Waals surface area contributed by atoms with Crippen molar-refractivity contribution in [3.63, 3.8) is 0 Å². The summed E-state index contributed by atoms with van der Waals surface area (Å²) >= 11 is 0. The maximum Gasteiger partial charge on any atom is 0.305 e. The van der Waals surface area contributed by atoms with Crippen LogP contribution in [-0.4, -0.2) is 29.2 Å². The zero-order chi connectivity index (χ0) is 14.5. The van der Waals surface area contributed by atoms with Crippen LogP contribution in [0.3, 0.4) is 0 Å². The topological polar surface area (TPSA) is 71.9 Å². The number of pyridine rings is 1. The van der Waals surface area contributed by atoms with Gasteiger partial charge in [-0.15, -0.1) is 0 Å². The quantitative estimate of drug-likeness (QED) is 0.768. The summed E-state index contributed by atoms with van der Waals surface area (Å²) in [6.07, 6.45) is 3.87. The van der Waals surface area contributed by atoms with Gasteiger partial charge >= 0.3 is 5.97 Å². The number of rotatable bonds is 5. The third-order valence-corrected chi connectivity index (χ3v) is 3.12. The first-order valence-electron chi connectivity index (χ1n) is 6.58. The average molecular weight is 275 g/mol. The van der Waals surface area contributed by atoms with Gasteiger partial charge in [-0.1, -0.05) is 0 Å². The Kier molecular flexibility index (Phi) is 4.45. The van der Waals surface area contributed by atoms with Gasteiger partial charge in [0.2, 0.25) is 0 Å². The SMILES string of the molecule is CCOC(=O)CCC1C(=O)N(c2ccncc2)N=C1C. The normalized spacial score (nSPS) is 18.1. The van der Waals surface area contributed by atoms with Crippen LogP contribution in [0.4, 0.5) is 5.69 Å². The molecule has 0 bridgehead atoms. The Morgan fingerprint density at radius 2 is 2.10 bits per heavy atom. The van der Waals surface area contributed by atoms with E-state index in [9.17, 15) is 9.59 Å². The van der Waals surface area contributed by atoms with Gasteiger partial charge in [-0.2, -0.15) is 5.10 Å². The molecule has 1 amide bonds. The predicted molar refractivity (Wildman–Crippen MR) is 74.2 cm³/mol. The Hall–Kier alpha value is -2.24. The molecule has 2 heterocycles. The van der Waals surface area contributed by atoms with Crippen LogP contribution in [0.1, 0.15) is 26.7 Å². The van der Waals surface area contributed by atoms with Gasteiger partial charge < -0.3 is 4.74 Å². The van der Waals surface area contributed by atoms with Crippen molar-refractivity contribution in [3.05, 3.63) is 24.5 Å². The molecule has 0 saturated carbocycles. The molecule has 1 unspecified atom stereocenters. The highest BCUT2D eigenvalue weighted by Gasteiger charge is 2.34. The van der Waals surface area contributed by atoms with E-state index in [1.807, 2.05) is 0 Å². The average Bonchev–Trinajstić information content (AvgIpc) is 2.73. The molecule has 2 rings (SSSR count). The van der Waals surface area contributed by atoms with Crippen molar-refractivity contribution in [1.29, 1.82) is 0 Å². The number of ether oxygens (including phenoxy) is 1. The number of carbonyl (C=O) groups is 2. The van der Waals surface area contributed by atoms with Crippen LogP contribution < -0.4 is 5.01 Å². The summed E-state index contributed by atoms with van der Waals surface area (Å²) in [6, 6.07) is 3.45. The molecule has 1 aliphatic heterocycles. The smallest absolute Gasteiger partial charge is 0.305 e. The van der Waals surface area contributed by atoms with Gasteiger partial charge in [-0.25, -0.2) is 5.01 Å². The van der Waals surface area contributed by atoms with E-state index in [1.165, 1.54) is 5.01 Å². The highest BCUT2D eigenvalue weighted by atomic mass is 16.5. The fourth-order valence-corrected chi connectivity index (χ4v) is 2.10. The van der Waals surface area contributed by atoms with Crippen molar-refractivity contribution < 1.29 is 14.3 Å². The van der Waals surface area contributed by atoms with Crippen molar-refractivity contribution in [2.75, 3.05) is 11.6 Å². The van der Waals surface area contributed by atoms with Gasteiger partial charge in [0.25, 0.3) is 5.91 Å². The summed E-state index contributed by atoms with van der Waals surface area (Å²) in [7, 11) is 0. The molecule has 1 atom stereocenters. The molecular formula is C14H17N3O3. The molecule has 0 spiro atoms. The lowest BCUT2D eigenvalue weighted by Crippen LogP contribution is -2.27. The molecule has 0 radical (unpaired) electrons. The van der Waals surface area contributed by atoms with Crippen LogP contribution in [-0.2, 0) is 14.3 Å². The summed E-state index contributed by atoms with van der Waals surface area (Å²) in [5.41, 5.74) is 1.40. The Labute approximate surface area is 117 Å². The molecule has 0 aliphatic carbocycles. The molecule has 0 aromatic carbocycles. The lowest BCUT2D eigenvalue weighted by molar-refractivity contribution is -0.143. The van der Waals surface area contributed by atoms with Crippen LogP contribution in [0.25, 0.3) is 0 Å². The molecule has 0 saturated heterocycles. The molecule has 1 aliphatic rings. The van der Waals surface area contributed by atoms with E-state index >= 15 is 0 Å². The molecule has 1 aromatic heterocycles. The lowest BCUT2D eigenvalue weighted by Gasteiger charge is -2.13. The van der Waals surface area contributed by atoms with Crippen molar-refractivity contribution in [3.8, 4) is 0 Å². The largest absolute Gasteiger partial charge is 0.466 e. The first-order chi connectivity index (χ1) is 9.63. The van der Waals surface area contributed by atoms with Crippen LogP contribution in [0.15, 0.2) is 29.6 Å². The summed E-state index contributed by atoms with van der Waals surface area (Å²) in [4.78, 5) is 27.6. The van der Waals surface area contributed by atoms with Crippen molar-refractivity contribution in [2.24, 2.45) is 11.0 Å². The number of hydrogen-bond donors (Lipinski definition) is 0. The Morgan fingerprint density at radius 1 is 1.40 bits per heavy atom. The second-order valence-electron chi connectivity index (χ2n) is 4.49. The molecular weight excluding hydrogens is 258 g/mol. The zero-order valence-corrected chi connectivity index (χ0v) is 11.6. The maximum atomic E-state index is 12.3. The number of aromatic nitrogens is 1. The molecule has 1 aromatic rings. The summed E-state index contributed by atoms with van der Waals surface area (Å²) < 4.78 is 4.87. The minimum absolute atomic E-state index is 0.113. The molecule has 0 N–H and O–H groups in total. The van der Waals surface area contributed by atoms with Crippen LogP contribution in [0.5, 0.6) is 0 Å². The molecule has 0 fully saturated rings. The third-order valence-electron chi connectivity index (χ3n) is 3.12. The second kappa shape index (κ2) is 6.27. The van der Waals surface area contributed by atoms with E-state index in [1.54, 1.807) is 38.4 Å². The number of anilines is 1. The van der Waals surface area contributed by atoms with Crippen molar-refractivity contribution >= 4 is 23.3 Å². The predicted octanol–water partition coefficient (Wildman–Crippen LogP) is 1.76. The van der Waals surface area contributed by atoms with Gasteiger partial charge in [-0.3, -0.25) is 14.6 Å². The molecule has 6 nitrogen and oxygen atoms in total. The maximum absolute atomic E-state index is 12.3. The number of nitrogens with zero attached hydrogens (tertiary/aromatic N) is 3. The number of hydrazone groups is 1. The van der Waals surface area contributed by atoms with Crippen LogP contribution >= 0.6 is 0 Å².